The summed E-state index contributed by atoms with van der Waals surface area (Å²) in [4.78, 5) is 3.71. The summed E-state index contributed by atoms with van der Waals surface area (Å²) in [5.74, 6) is -0.0376. The first-order valence-corrected chi connectivity index (χ1v) is 6.00. The van der Waals surface area contributed by atoms with Gasteiger partial charge < -0.3 is 5.73 Å². The molecule has 0 radical (unpaired) electrons. The molecule has 3 N–H and O–H groups in total. The Hall–Kier alpha value is -1.28. The van der Waals surface area contributed by atoms with Gasteiger partial charge >= 0.3 is 0 Å². The molecule has 0 amide bonds. The molecule has 1 rings (SSSR count). The Morgan fingerprint density at radius 3 is 2.73 bits per heavy atom. The van der Waals surface area contributed by atoms with Gasteiger partial charge in [-0.3, -0.25) is 0 Å². The molecule has 1 heterocycles. The molecule has 0 saturated carbocycles. The molecule has 7 nitrogen and oxygen atoms in total. The standard InChI is InChI=1S/C7H13N5O2S/c1-2-6(5-8)15(13,14)12-7-9-3-4-10-11-7/h3-4,6H,2,5,8H2,1H3,(H,9,11,12). The van der Waals surface area contributed by atoms with Crippen molar-refractivity contribution in [3.05, 3.63) is 12.4 Å². The molecular weight excluding hydrogens is 218 g/mol. The van der Waals surface area contributed by atoms with E-state index in [0.29, 0.717) is 6.42 Å². The predicted molar refractivity (Wildman–Crippen MR) is 55.5 cm³/mol. The number of nitrogens with zero attached hydrogens (tertiary/aromatic N) is 3. The maximum absolute atomic E-state index is 11.7. The van der Waals surface area contributed by atoms with E-state index in [1.54, 1.807) is 6.92 Å². The second-order valence-corrected chi connectivity index (χ2v) is 4.84. The van der Waals surface area contributed by atoms with Crippen LogP contribution in [0.2, 0.25) is 0 Å². The minimum Gasteiger partial charge on any atom is -0.329 e. The lowest BCUT2D eigenvalue weighted by Gasteiger charge is -2.13. The largest absolute Gasteiger partial charge is 0.329 e. The van der Waals surface area contributed by atoms with Gasteiger partial charge in [0.15, 0.2) is 0 Å². The Bertz CT molecular complexity index is 389. The van der Waals surface area contributed by atoms with Gasteiger partial charge in [0.25, 0.3) is 5.95 Å². The minimum absolute atomic E-state index is 0.0376. The Morgan fingerprint density at radius 2 is 2.27 bits per heavy atom. The molecule has 0 saturated heterocycles. The van der Waals surface area contributed by atoms with Gasteiger partial charge in [0.1, 0.15) is 0 Å². The first-order chi connectivity index (χ1) is 7.10. The molecule has 1 aromatic heterocycles. The van der Waals surface area contributed by atoms with Crippen LogP contribution in [0.25, 0.3) is 0 Å². The summed E-state index contributed by atoms with van der Waals surface area (Å²) >= 11 is 0. The Morgan fingerprint density at radius 1 is 1.53 bits per heavy atom. The lowest BCUT2D eigenvalue weighted by Crippen LogP contribution is -2.34. The van der Waals surface area contributed by atoms with Crippen LogP contribution in [0.5, 0.6) is 0 Å². The lowest BCUT2D eigenvalue weighted by atomic mass is 10.3. The summed E-state index contributed by atoms with van der Waals surface area (Å²) in [5.41, 5.74) is 5.35. The van der Waals surface area contributed by atoms with Crippen molar-refractivity contribution in [2.45, 2.75) is 18.6 Å². The van der Waals surface area contributed by atoms with Gasteiger partial charge in [0.05, 0.1) is 17.6 Å². The zero-order valence-electron chi connectivity index (χ0n) is 8.29. The average molecular weight is 231 g/mol. The fourth-order valence-corrected chi connectivity index (χ4v) is 2.22. The molecule has 1 atom stereocenters. The molecule has 0 aromatic carbocycles. The summed E-state index contributed by atoms with van der Waals surface area (Å²) < 4.78 is 25.6. The van der Waals surface area contributed by atoms with Crippen molar-refractivity contribution in [1.29, 1.82) is 0 Å². The van der Waals surface area contributed by atoms with E-state index in [2.05, 4.69) is 19.9 Å². The third-order valence-corrected chi connectivity index (χ3v) is 3.74. The van der Waals surface area contributed by atoms with Crippen LogP contribution in [0.1, 0.15) is 13.3 Å². The highest BCUT2D eigenvalue weighted by atomic mass is 32.2. The van der Waals surface area contributed by atoms with Crippen LogP contribution in [0.4, 0.5) is 5.95 Å². The van der Waals surface area contributed by atoms with Crippen molar-refractivity contribution < 1.29 is 8.42 Å². The van der Waals surface area contributed by atoms with Crippen molar-refractivity contribution in [2.75, 3.05) is 11.3 Å². The van der Waals surface area contributed by atoms with E-state index in [0.717, 1.165) is 0 Å². The summed E-state index contributed by atoms with van der Waals surface area (Å²) in [6.07, 6.45) is 3.15. The molecular formula is C7H13N5O2S. The van der Waals surface area contributed by atoms with Crippen LogP contribution in [0, 0.1) is 0 Å². The number of sulfonamides is 1. The second-order valence-electron chi connectivity index (χ2n) is 2.88. The van der Waals surface area contributed by atoms with Gasteiger partial charge in [-0.15, -0.1) is 5.10 Å². The zero-order chi connectivity index (χ0) is 11.3. The molecule has 1 aromatic rings. The Balaban J connectivity index is 2.81. The topological polar surface area (TPSA) is 111 Å². The highest BCUT2D eigenvalue weighted by Gasteiger charge is 2.22. The maximum atomic E-state index is 11.7. The van der Waals surface area contributed by atoms with Crippen molar-refractivity contribution in [1.82, 2.24) is 15.2 Å². The number of aromatic nitrogens is 3. The SMILES string of the molecule is CCC(CN)S(=O)(=O)Nc1nccnn1. The van der Waals surface area contributed by atoms with Gasteiger partial charge in [-0.2, -0.15) is 5.10 Å². The van der Waals surface area contributed by atoms with Crippen molar-refractivity contribution in [3.8, 4) is 0 Å². The summed E-state index contributed by atoms with van der Waals surface area (Å²) in [6.45, 7) is 1.81. The average Bonchev–Trinajstić information content (AvgIpc) is 2.19. The van der Waals surface area contributed by atoms with Crippen LogP contribution < -0.4 is 10.5 Å². The van der Waals surface area contributed by atoms with E-state index >= 15 is 0 Å². The molecule has 0 spiro atoms. The second kappa shape index (κ2) is 4.99. The summed E-state index contributed by atoms with van der Waals surface area (Å²) in [7, 11) is -3.52. The van der Waals surface area contributed by atoms with Crippen LogP contribution in [-0.2, 0) is 10.0 Å². The number of rotatable bonds is 5. The normalized spacial score (nSPS) is 13.5. The summed E-state index contributed by atoms with van der Waals surface area (Å²) in [5, 5.41) is 6.39. The van der Waals surface area contributed by atoms with E-state index < -0.39 is 15.3 Å². The third kappa shape index (κ3) is 3.10. The van der Waals surface area contributed by atoms with E-state index in [9.17, 15) is 8.42 Å². The molecule has 1 unspecified atom stereocenters. The predicted octanol–water partition coefficient (Wildman–Crippen LogP) is -0.649. The van der Waals surface area contributed by atoms with Gasteiger partial charge in [-0.25, -0.2) is 18.1 Å². The molecule has 0 aliphatic rings. The minimum atomic E-state index is -3.52. The van der Waals surface area contributed by atoms with Crippen LogP contribution in [0.3, 0.4) is 0 Å². The van der Waals surface area contributed by atoms with E-state index in [4.69, 9.17) is 5.73 Å². The number of anilines is 1. The molecule has 84 valence electrons. The smallest absolute Gasteiger partial charge is 0.256 e. The molecule has 8 heteroatoms. The van der Waals surface area contributed by atoms with Crippen LogP contribution in [0.15, 0.2) is 12.4 Å². The van der Waals surface area contributed by atoms with Crippen molar-refractivity contribution >= 4 is 16.0 Å². The number of nitrogens with two attached hydrogens (primary N) is 1. The van der Waals surface area contributed by atoms with Crippen molar-refractivity contribution in [3.63, 3.8) is 0 Å². The molecule has 0 aliphatic heterocycles. The quantitative estimate of drug-likeness (QED) is 0.696. The third-order valence-electron chi connectivity index (χ3n) is 1.87. The van der Waals surface area contributed by atoms with Gasteiger partial charge in [-0.1, -0.05) is 6.92 Å². The molecule has 0 bridgehead atoms. The molecule has 15 heavy (non-hydrogen) atoms. The van der Waals surface area contributed by atoms with E-state index in [1.165, 1.54) is 12.4 Å². The van der Waals surface area contributed by atoms with E-state index in [-0.39, 0.29) is 12.5 Å². The fourth-order valence-electron chi connectivity index (χ4n) is 1.02. The highest BCUT2D eigenvalue weighted by molar-refractivity contribution is 7.93. The maximum Gasteiger partial charge on any atom is 0.256 e. The Labute approximate surface area is 88.2 Å². The van der Waals surface area contributed by atoms with Crippen LogP contribution in [-0.4, -0.2) is 35.4 Å². The first kappa shape index (κ1) is 11.8. The monoisotopic (exact) mass is 231 g/mol. The molecule has 0 fully saturated rings. The number of nitrogens with one attached hydrogen (secondary N) is 1. The number of hydrogen-bond acceptors (Lipinski definition) is 6. The zero-order valence-corrected chi connectivity index (χ0v) is 9.11. The fraction of sp³-hybridized carbons (Fsp3) is 0.571. The van der Waals surface area contributed by atoms with Gasteiger partial charge in [0.2, 0.25) is 10.0 Å². The lowest BCUT2D eigenvalue weighted by molar-refractivity contribution is 0.581. The summed E-state index contributed by atoms with van der Waals surface area (Å²) in [6, 6.07) is 0. The Kier molecular flexibility index (Phi) is 3.92. The highest BCUT2D eigenvalue weighted by Crippen LogP contribution is 2.07. The first-order valence-electron chi connectivity index (χ1n) is 4.45. The number of hydrogen-bond donors (Lipinski definition) is 2. The van der Waals surface area contributed by atoms with Crippen LogP contribution >= 0.6 is 0 Å². The van der Waals surface area contributed by atoms with E-state index in [1.807, 2.05) is 0 Å². The van der Waals surface area contributed by atoms with Gasteiger partial charge in [0, 0.05) is 6.54 Å². The molecule has 0 aliphatic carbocycles. The van der Waals surface area contributed by atoms with Crippen molar-refractivity contribution in [2.24, 2.45) is 5.73 Å². The van der Waals surface area contributed by atoms with Gasteiger partial charge in [-0.05, 0) is 6.42 Å².